The van der Waals surface area contributed by atoms with Crippen molar-refractivity contribution in [2.24, 2.45) is 0 Å². The summed E-state index contributed by atoms with van der Waals surface area (Å²) in [5.74, 6) is -0.116. The summed E-state index contributed by atoms with van der Waals surface area (Å²) in [7, 11) is 0. The summed E-state index contributed by atoms with van der Waals surface area (Å²) in [5, 5.41) is 10.6. The Bertz CT molecular complexity index is 764. The molecule has 1 aliphatic rings. The minimum absolute atomic E-state index is 0.0810. The van der Waals surface area contributed by atoms with Crippen molar-refractivity contribution in [3.8, 4) is 5.75 Å². The number of nitro benzene ring substituents is 1. The maximum Gasteiger partial charge on any atom is 0.415 e. The molecule has 25 heavy (non-hydrogen) atoms. The van der Waals surface area contributed by atoms with E-state index in [1.54, 1.807) is 12.1 Å². The average Bonchev–Trinajstić information content (AvgIpc) is 2.63. The molecule has 1 amide bonds. The first-order valence-corrected chi connectivity index (χ1v) is 7.61. The smallest absolute Gasteiger partial charge is 0.410 e. The summed E-state index contributed by atoms with van der Waals surface area (Å²) in [6.45, 7) is 0.971. The van der Waals surface area contributed by atoms with E-state index >= 15 is 0 Å². The second-order valence-electron chi connectivity index (χ2n) is 5.48. The van der Waals surface area contributed by atoms with Crippen LogP contribution in [0.25, 0.3) is 0 Å². The highest BCUT2D eigenvalue weighted by atomic mass is 19.1. The summed E-state index contributed by atoms with van der Waals surface area (Å²) in [6, 6.07) is 11.2. The van der Waals surface area contributed by atoms with Gasteiger partial charge in [0, 0.05) is 18.7 Å². The molecule has 0 aliphatic carbocycles. The van der Waals surface area contributed by atoms with Gasteiger partial charge in [0.25, 0.3) is 5.69 Å². The second kappa shape index (κ2) is 7.27. The van der Waals surface area contributed by atoms with Crippen molar-refractivity contribution in [1.82, 2.24) is 4.90 Å². The van der Waals surface area contributed by atoms with Gasteiger partial charge in [-0.2, -0.15) is 0 Å². The highest BCUT2D eigenvalue weighted by Gasteiger charge is 2.26. The summed E-state index contributed by atoms with van der Waals surface area (Å²) >= 11 is 0. The molecule has 7 nitrogen and oxygen atoms in total. The topological polar surface area (TPSA) is 81.9 Å². The molecule has 1 fully saturated rings. The molecule has 0 bridgehead atoms. The van der Waals surface area contributed by atoms with E-state index in [0.29, 0.717) is 13.2 Å². The van der Waals surface area contributed by atoms with Gasteiger partial charge in [-0.05, 0) is 29.8 Å². The van der Waals surface area contributed by atoms with E-state index in [9.17, 15) is 19.3 Å². The van der Waals surface area contributed by atoms with Crippen LogP contribution >= 0.6 is 0 Å². The molecule has 1 heterocycles. The van der Waals surface area contributed by atoms with Gasteiger partial charge in [0.2, 0.25) is 0 Å². The van der Waals surface area contributed by atoms with Crippen LogP contribution < -0.4 is 4.74 Å². The first-order chi connectivity index (χ1) is 12.0. The van der Waals surface area contributed by atoms with Gasteiger partial charge in [0.15, 0.2) is 0 Å². The van der Waals surface area contributed by atoms with E-state index in [2.05, 4.69) is 0 Å². The lowest BCUT2D eigenvalue weighted by molar-refractivity contribution is -0.384. The average molecular weight is 346 g/mol. The maximum atomic E-state index is 13.0. The van der Waals surface area contributed by atoms with E-state index in [1.807, 2.05) is 0 Å². The molecule has 1 aliphatic heterocycles. The van der Waals surface area contributed by atoms with Crippen LogP contribution in [0, 0.1) is 15.9 Å². The van der Waals surface area contributed by atoms with Gasteiger partial charge in [-0.15, -0.1) is 0 Å². The fourth-order valence-corrected chi connectivity index (χ4v) is 2.50. The number of rotatable bonds is 3. The van der Waals surface area contributed by atoms with Crippen molar-refractivity contribution in [3.63, 3.8) is 0 Å². The van der Waals surface area contributed by atoms with E-state index in [0.717, 1.165) is 5.56 Å². The summed E-state index contributed by atoms with van der Waals surface area (Å²) in [6.07, 6.45) is -0.928. The Kier molecular flexibility index (Phi) is 4.90. The summed E-state index contributed by atoms with van der Waals surface area (Å²) < 4.78 is 23.9. The van der Waals surface area contributed by atoms with Crippen LogP contribution in [-0.2, 0) is 4.74 Å². The van der Waals surface area contributed by atoms with Gasteiger partial charge < -0.3 is 14.4 Å². The number of non-ortho nitro benzene ring substituents is 1. The number of amides is 1. The molecule has 0 N–H and O–H groups in total. The van der Waals surface area contributed by atoms with Gasteiger partial charge in [-0.25, -0.2) is 9.18 Å². The molecular weight excluding hydrogens is 331 g/mol. The lowest BCUT2D eigenvalue weighted by Crippen LogP contribution is -2.43. The zero-order valence-electron chi connectivity index (χ0n) is 13.1. The standard InChI is InChI=1S/C17H15FN2O5/c18-13-3-1-12(2-4-13)16-11-19(9-10-24-16)17(21)25-15-7-5-14(6-8-15)20(22)23/h1-8,16H,9-11H2/t16-/m1/s1. The number of ether oxygens (including phenoxy) is 2. The highest BCUT2D eigenvalue weighted by molar-refractivity contribution is 5.71. The number of nitrogens with zero attached hydrogens (tertiary/aromatic N) is 2. The third-order valence-corrected chi connectivity index (χ3v) is 3.82. The number of hydrogen-bond donors (Lipinski definition) is 0. The maximum absolute atomic E-state index is 13.0. The van der Waals surface area contributed by atoms with E-state index in [-0.39, 0.29) is 29.9 Å². The summed E-state index contributed by atoms with van der Waals surface area (Å²) in [5.41, 5.74) is 0.691. The predicted molar refractivity (Wildman–Crippen MR) is 85.8 cm³/mol. The lowest BCUT2D eigenvalue weighted by atomic mass is 10.1. The van der Waals surface area contributed by atoms with Crippen LogP contribution in [0.2, 0.25) is 0 Å². The number of halogens is 1. The minimum atomic E-state index is -0.565. The number of carbonyl (C=O) groups is 1. The Morgan fingerprint density at radius 3 is 2.52 bits per heavy atom. The number of carbonyl (C=O) groups excluding carboxylic acids is 1. The van der Waals surface area contributed by atoms with E-state index in [1.165, 1.54) is 41.3 Å². The van der Waals surface area contributed by atoms with E-state index in [4.69, 9.17) is 9.47 Å². The van der Waals surface area contributed by atoms with Gasteiger partial charge in [0.05, 0.1) is 18.1 Å². The Balaban J connectivity index is 1.63. The van der Waals surface area contributed by atoms with Crippen LogP contribution in [0.5, 0.6) is 5.75 Å². The molecule has 8 heteroatoms. The SMILES string of the molecule is O=C(Oc1ccc([N+](=O)[O-])cc1)N1CCO[C@@H](c2ccc(F)cc2)C1. The van der Waals surface area contributed by atoms with Crippen molar-refractivity contribution in [1.29, 1.82) is 0 Å². The quantitative estimate of drug-likeness (QED) is 0.629. The van der Waals surface area contributed by atoms with Gasteiger partial charge in [-0.3, -0.25) is 10.1 Å². The molecule has 130 valence electrons. The molecule has 0 radical (unpaired) electrons. The van der Waals surface area contributed by atoms with Crippen molar-refractivity contribution < 1.29 is 23.6 Å². The zero-order chi connectivity index (χ0) is 17.8. The van der Waals surface area contributed by atoms with Crippen molar-refractivity contribution in [2.45, 2.75) is 6.10 Å². The van der Waals surface area contributed by atoms with Gasteiger partial charge >= 0.3 is 6.09 Å². The molecule has 2 aromatic carbocycles. The number of nitro groups is 1. The van der Waals surface area contributed by atoms with Crippen LogP contribution in [-0.4, -0.2) is 35.6 Å². The zero-order valence-corrected chi connectivity index (χ0v) is 13.1. The molecule has 1 saturated heterocycles. The molecule has 0 unspecified atom stereocenters. The lowest BCUT2D eigenvalue weighted by Gasteiger charge is -2.32. The van der Waals surface area contributed by atoms with Crippen molar-refractivity contribution >= 4 is 11.8 Å². The predicted octanol–water partition coefficient (Wildman–Crippen LogP) is 3.31. The van der Waals surface area contributed by atoms with Crippen molar-refractivity contribution in [2.75, 3.05) is 19.7 Å². The molecule has 0 saturated carbocycles. The third kappa shape index (κ3) is 4.10. The molecule has 1 atom stereocenters. The molecule has 0 aromatic heterocycles. The van der Waals surface area contributed by atoms with Gasteiger partial charge in [-0.1, -0.05) is 12.1 Å². The Labute approximate surface area is 142 Å². The molecular formula is C17H15FN2O5. The van der Waals surface area contributed by atoms with Gasteiger partial charge in [0.1, 0.15) is 17.7 Å². The van der Waals surface area contributed by atoms with Crippen LogP contribution in [0.3, 0.4) is 0 Å². The Morgan fingerprint density at radius 1 is 1.20 bits per heavy atom. The second-order valence-corrected chi connectivity index (χ2v) is 5.48. The molecule has 3 rings (SSSR count). The first-order valence-electron chi connectivity index (χ1n) is 7.61. The Hall–Kier alpha value is -3.00. The minimum Gasteiger partial charge on any atom is -0.410 e. The third-order valence-electron chi connectivity index (χ3n) is 3.82. The van der Waals surface area contributed by atoms with Crippen LogP contribution in [0.15, 0.2) is 48.5 Å². The van der Waals surface area contributed by atoms with Crippen molar-refractivity contribution in [3.05, 3.63) is 70.0 Å². The first kappa shape index (κ1) is 16.8. The number of benzene rings is 2. The fourth-order valence-electron chi connectivity index (χ4n) is 2.50. The number of hydrogen-bond acceptors (Lipinski definition) is 5. The van der Waals surface area contributed by atoms with Crippen LogP contribution in [0.1, 0.15) is 11.7 Å². The molecule has 2 aromatic rings. The highest BCUT2D eigenvalue weighted by Crippen LogP contribution is 2.24. The largest absolute Gasteiger partial charge is 0.415 e. The summed E-state index contributed by atoms with van der Waals surface area (Å²) in [4.78, 5) is 23.9. The normalized spacial score (nSPS) is 17.2. The number of morpholine rings is 1. The monoisotopic (exact) mass is 346 g/mol. The molecule has 0 spiro atoms. The Morgan fingerprint density at radius 2 is 1.88 bits per heavy atom. The van der Waals surface area contributed by atoms with E-state index < -0.39 is 11.0 Å². The fraction of sp³-hybridized carbons (Fsp3) is 0.235. The van der Waals surface area contributed by atoms with Crippen LogP contribution in [0.4, 0.5) is 14.9 Å².